The molecule has 0 spiro atoms. The largest absolute Gasteiger partial charge is 0.294 e. The molecule has 92 valence electrons. The highest BCUT2D eigenvalue weighted by atomic mass is 32.2. The molecule has 0 radical (unpaired) electrons. The molecule has 0 N–H and O–H groups in total. The van der Waals surface area contributed by atoms with Crippen LogP contribution in [0.25, 0.3) is 0 Å². The normalized spacial score (nSPS) is 10.2. The second kappa shape index (κ2) is 6.39. The summed E-state index contributed by atoms with van der Waals surface area (Å²) in [5, 5.41) is 10.6. The molecule has 0 saturated heterocycles. The lowest BCUT2D eigenvalue weighted by Crippen LogP contribution is -1.98. The average molecular weight is 253 g/mol. The van der Waals surface area contributed by atoms with Gasteiger partial charge in [-0.2, -0.15) is 0 Å². The maximum atomic E-state index is 11.4. The molecule has 0 saturated carbocycles. The molecular weight excluding hydrogens is 238 g/mol. The highest BCUT2D eigenvalue weighted by molar-refractivity contribution is 7.99. The quantitative estimate of drug-likeness (QED) is 0.255. The van der Waals surface area contributed by atoms with E-state index in [9.17, 15) is 14.9 Å². The number of hydrogen-bond acceptors (Lipinski definition) is 4. The number of nitrogens with zero attached hydrogens (tertiary/aromatic N) is 1. The van der Waals surface area contributed by atoms with E-state index in [1.807, 2.05) is 0 Å². The van der Waals surface area contributed by atoms with Crippen LogP contribution in [0.1, 0.15) is 37.0 Å². The summed E-state index contributed by atoms with van der Waals surface area (Å²) in [5.74, 6) is 0.793. The minimum absolute atomic E-state index is 0.0324. The average Bonchev–Trinajstić information content (AvgIpc) is 2.29. The summed E-state index contributed by atoms with van der Waals surface area (Å²) in [6, 6.07) is 4.46. The number of rotatable bonds is 6. The predicted molar refractivity (Wildman–Crippen MR) is 68.7 cm³/mol. The van der Waals surface area contributed by atoms with E-state index in [1.165, 1.54) is 19.1 Å². The van der Waals surface area contributed by atoms with E-state index in [0.717, 1.165) is 23.5 Å². The number of nitro benzene ring substituents is 1. The molecule has 0 heterocycles. The third-order valence-corrected chi connectivity index (χ3v) is 3.47. The fourth-order valence-corrected chi connectivity index (χ4v) is 2.53. The van der Waals surface area contributed by atoms with Gasteiger partial charge in [-0.1, -0.05) is 13.3 Å². The van der Waals surface area contributed by atoms with Crippen LogP contribution in [-0.4, -0.2) is 16.5 Å². The molecule has 0 aromatic heterocycles. The van der Waals surface area contributed by atoms with Crippen molar-refractivity contribution in [1.29, 1.82) is 0 Å². The summed E-state index contributed by atoms with van der Waals surface area (Å²) in [7, 11) is 0. The predicted octanol–water partition coefficient (Wildman–Crippen LogP) is 3.69. The zero-order valence-corrected chi connectivity index (χ0v) is 10.8. The number of hydrogen-bond donors (Lipinski definition) is 0. The van der Waals surface area contributed by atoms with E-state index < -0.39 is 4.92 Å². The lowest BCUT2D eigenvalue weighted by Gasteiger charge is -2.05. The second-order valence-electron chi connectivity index (χ2n) is 3.70. The number of benzene rings is 1. The molecule has 0 atom stereocenters. The van der Waals surface area contributed by atoms with Gasteiger partial charge in [0.2, 0.25) is 0 Å². The van der Waals surface area contributed by atoms with Crippen LogP contribution in [0.15, 0.2) is 23.1 Å². The van der Waals surface area contributed by atoms with Crippen LogP contribution in [0.3, 0.4) is 0 Å². The summed E-state index contributed by atoms with van der Waals surface area (Å²) >= 11 is 1.58. The molecule has 0 aliphatic carbocycles. The van der Waals surface area contributed by atoms with Crippen molar-refractivity contribution in [2.75, 3.05) is 5.75 Å². The van der Waals surface area contributed by atoms with Gasteiger partial charge in [0.05, 0.1) is 4.92 Å². The Hall–Kier alpha value is -1.36. The molecule has 0 amide bonds. The molecule has 17 heavy (non-hydrogen) atoms. The number of unbranched alkanes of at least 4 members (excludes halogenated alkanes) is 1. The third kappa shape index (κ3) is 3.85. The highest BCUT2D eigenvalue weighted by Crippen LogP contribution is 2.27. The SMILES string of the molecule is CCCCSc1ccc([N+](=O)[O-])cc1C(C)=O. The van der Waals surface area contributed by atoms with Crippen LogP contribution in [0.2, 0.25) is 0 Å². The van der Waals surface area contributed by atoms with Crippen molar-refractivity contribution >= 4 is 23.2 Å². The van der Waals surface area contributed by atoms with Gasteiger partial charge < -0.3 is 0 Å². The zero-order chi connectivity index (χ0) is 12.8. The number of nitro groups is 1. The lowest BCUT2D eigenvalue weighted by molar-refractivity contribution is -0.384. The molecule has 4 nitrogen and oxygen atoms in total. The van der Waals surface area contributed by atoms with Crippen molar-refractivity contribution in [2.24, 2.45) is 0 Å². The van der Waals surface area contributed by atoms with Crippen LogP contribution in [0.4, 0.5) is 5.69 Å². The fourth-order valence-electron chi connectivity index (χ4n) is 1.36. The van der Waals surface area contributed by atoms with E-state index in [2.05, 4.69) is 6.92 Å². The first-order valence-corrected chi connectivity index (χ1v) is 6.47. The number of Topliss-reactive ketones (excluding diaryl/α,β-unsaturated/α-hetero) is 1. The number of non-ortho nitro benzene ring substituents is 1. The van der Waals surface area contributed by atoms with Crippen molar-refractivity contribution in [3.8, 4) is 0 Å². The maximum Gasteiger partial charge on any atom is 0.270 e. The number of carbonyl (C=O) groups is 1. The van der Waals surface area contributed by atoms with Crippen LogP contribution in [0, 0.1) is 10.1 Å². The standard InChI is InChI=1S/C12H15NO3S/c1-3-4-7-17-12-6-5-10(13(15)16)8-11(12)9(2)14/h5-6,8H,3-4,7H2,1-2H3. The Bertz CT molecular complexity index is 432. The number of carbonyl (C=O) groups excluding carboxylic acids is 1. The molecule has 1 aromatic rings. The Morgan fingerprint density at radius 1 is 1.47 bits per heavy atom. The van der Waals surface area contributed by atoms with E-state index >= 15 is 0 Å². The smallest absolute Gasteiger partial charge is 0.270 e. The van der Waals surface area contributed by atoms with Crippen molar-refractivity contribution < 1.29 is 9.72 Å². The number of thioether (sulfide) groups is 1. The molecule has 0 fully saturated rings. The van der Waals surface area contributed by atoms with E-state index in [4.69, 9.17) is 0 Å². The Kier molecular flexibility index (Phi) is 5.15. The summed E-state index contributed by atoms with van der Waals surface area (Å²) in [6.45, 7) is 3.53. The first kappa shape index (κ1) is 13.7. The molecule has 0 aliphatic rings. The monoisotopic (exact) mass is 253 g/mol. The van der Waals surface area contributed by atoms with Crippen LogP contribution >= 0.6 is 11.8 Å². The Morgan fingerprint density at radius 3 is 2.71 bits per heavy atom. The number of ketones is 1. The first-order chi connectivity index (χ1) is 8.06. The minimum atomic E-state index is -0.479. The molecule has 0 aliphatic heterocycles. The summed E-state index contributed by atoms with van der Waals surface area (Å²) in [6.07, 6.45) is 2.16. The first-order valence-electron chi connectivity index (χ1n) is 5.48. The van der Waals surface area contributed by atoms with Crippen molar-refractivity contribution in [3.63, 3.8) is 0 Å². The summed E-state index contributed by atoms with van der Waals surface area (Å²) < 4.78 is 0. The van der Waals surface area contributed by atoms with Gasteiger partial charge in [0, 0.05) is 22.6 Å². The molecule has 0 unspecified atom stereocenters. The Morgan fingerprint density at radius 2 is 2.18 bits per heavy atom. The van der Waals surface area contributed by atoms with Crippen molar-refractivity contribution in [2.45, 2.75) is 31.6 Å². The lowest BCUT2D eigenvalue weighted by atomic mass is 10.1. The molecule has 1 aromatic carbocycles. The van der Waals surface area contributed by atoms with Gasteiger partial charge in [-0.3, -0.25) is 14.9 Å². The van der Waals surface area contributed by atoms with Gasteiger partial charge in [0.25, 0.3) is 5.69 Å². The van der Waals surface area contributed by atoms with E-state index in [-0.39, 0.29) is 11.5 Å². The van der Waals surface area contributed by atoms with E-state index in [0.29, 0.717) is 5.56 Å². The Labute approximate surface area is 105 Å². The Balaban J connectivity index is 2.96. The topological polar surface area (TPSA) is 60.2 Å². The van der Waals surface area contributed by atoms with Crippen molar-refractivity contribution in [1.82, 2.24) is 0 Å². The van der Waals surface area contributed by atoms with Gasteiger partial charge in [-0.05, 0) is 25.2 Å². The van der Waals surface area contributed by atoms with Gasteiger partial charge >= 0.3 is 0 Å². The van der Waals surface area contributed by atoms with E-state index in [1.54, 1.807) is 17.8 Å². The molecule has 0 bridgehead atoms. The third-order valence-electron chi connectivity index (χ3n) is 2.31. The van der Waals surface area contributed by atoms with Gasteiger partial charge in [0.15, 0.2) is 5.78 Å². The van der Waals surface area contributed by atoms with Crippen molar-refractivity contribution in [3.05, 3.63) is 33.9 Å². The minimum Gasteiger partial charge on any atom is -0.294 e. The van der Waals surface area contributed by atoms with Gasteiger partial charge in [0.1, 0.15) is 0 Å². The molecule has 5 heteroatoms. The summed E-state index contributed by atoms with van der Waals surface area (Å²) in [4.78, 5) is 22.4. The van der Waals surface area contributed by atoms with Crippen LogP contribution in [-0.2, 0) is 0 Å². The van der Waals surface area contributed by atoms with Crippen LogP contribution < -0.4 is 0 Å². The maximum absolute atomic E-state index is 11.4. The second-order valence-corrected chi connectivity index (χ2v) is 4.83. The highest BCUT2D eigenvalue weighted by Gasteiger charge is 2.13. The van der Waals surface area contributed by atoms with Gasteiger partial charge in [-0.15, -0.1) is 11.8 Å². The zero-order valence-electron chi connectivity index (χ0n) is 9.93. The van der Waals surface area contributed by atoms with Crippen LogP contribution in [0.5, 0.6) is 0 Å². The fraction of sp³-hybridized carbons (Fsp3) is 0.417. The summed E-state index contributed by atoms with van der Waals surface area (Å²) in [5.41, 5.74) is 0.412. The molecular formula is C12H15NO3S. The molecule has 1 rings (SSSR count). The van der Waals surface area contributed by atoms with Gasteiger partial charge in [-0.25, -0.2) is 0 Å².